The van der Waals surface area contributed by atoms with Gasteiger partial charge in [0.15, 0.2) is 11.5 Å². The van der Waals surface area contributed by atoms with Crippen LogP contribution < -0.4 is 14.2 Å². The lowest BCUT2D eigenvalue weighted by atomic mass is 9.96. The van der Waals surface area contributed by atoms with Crippen molar-refractivity contribution in [1.82, 2.24) is 5.01 Å². The highest BCUT2D eigenvalue weighted by Gasteiger charge is 2.41. The van der Waals surface area contributed by atoms with E-state index in [-0.39, 0.29) is 19.1 Å². The van der Waals surface area contributed by atoms with Crippen molar-refractivity contribution < 1.29 is 14.2 Å². The molecule has 6 heteroatoms. The summed E-state index contributed by atoms with van der Waals surface area (Å²) >= 11 is 1.67. The maximum atomic E-state index is 6.33. The Labute approximate surface area is 160 Å². The van der Waals surface area contributed by atoms with Crippen molar-refractivity contribution in [3.63, 3.8) is 0 Å². The lowest BCUT2D eigenvalue weighted by Crippen LogP contribution is -2.33. The summed E-state index contributed by atoms with van der Waals surface area (Å²) in [6, 6.07) is 16.6. The number of fused-ring (bicyclic) bond motifs is 4. The first-order chi connectivity index (χ1) is 13.4. The smallest absolute Gasteiger partial charge is 0.231 e. The van der Waals surface area contributed by atoms with E-state index >= 15 is 0 Å². The Balaban J connectivity index is 1.43. The molecule has 5 nitrogen and oxygen atoms in total. The number of para-hydroxylation sites is 1. The molecule has 1 aromatic heterocycles. The molecule has 0 amide bonds. The van der Waals surface area contributed by atoms with Gasteiger partial charge in [0, 0.05) is 23.1 Å². The van der Waals surface area contributed by atoms with Gasteiger partial charge in [0.1, 0.15) is 5.75 Å². The van der Waals surface area contributed by atoms with Crippen LogP contribution in [0.3, 0.4) is 0 Å². The number of hydrogen-bond donors (Lipinski definition) is 0. The molecule has 0 bridgehead atoms. The molecule has 27 heavy (non-hydrogen) atoms. The third-order valence-corrected chi connectivity index (χ3v) is 5.93. The number of hydrazone groups is 1. The van der Waals surface area contributed by atoms with E-state index in [1.54, 1.807) is 11.3 Å². The van der Waals surface area contributed by atoms with Crippen molar-refractivity contribution in [1.29, 1.82) is 0 Å². The molecule has 4 heterocycles. The normalized spacial score (nSPS) is 22.1. The highest BCUT2D eigenvalue weighted by molar-refractivity contribution is 7.07. The van der Waals surface area contributed by atoms with Gasteiger partial charge in [0.25, 0.3) is 0 Å². The number of nitrogens with zero attached hydrogens (tertiary/aromatic N) is 2. The number of benzene rings is 2. The molecular formula is C21H16N2O3S. The van der Waals surface area contributed by atoms with Crippen LogP contribution in [0.25, 0.3) is 0 Å². The Hall–Kier alpha value is -2.99. The van der Waals surface area contributed by atoms with Gasteiger partial charge in [-0.3, -0.25) is 0 Å². The van der Waals surface area contributed by atoms with Crippen molar-refractivity contribution in [3.05, 3.63) is 76.0 Å². The van der Waals surface area contributed by atoms with Gasteiger partial charge in [-0.2, -0.15) is 16.4 Å². The molecular weight excluding hydrogens is 360 g/mol. The summed E-state index contributed by atoms with van der Waals surface area (Å²) in [4.78, 5) is 0. The van der Waals surface area contributed by atoms with Gasteiger partial charge in [0.2, 0.25) is 13.0 Å². The average Bonchev–Trinajstić information content (AvgIpc) is 3.47. The maximum Gasteiger partial charge on any atom is 0.231 e. The van der Waals surface area contributed by atoms with Crippen LogP contribution in [-0.4, -0.2) is 17.5 Å². The van der Waals surface area contributed by atoms with E-state index < -0.39 is 0 Å². The Bertz CT molecular complexity index is 1050. The summed E-state index contributed by atoms with van der Waals surface area (Å²) in [5.41, 5.74) is 4.42. The first-order valence-electron chi connectivity index (χ1n) is 8.90. The summed E-state index contributed by atoms with van der Waals surface area (Å²) < 4.78 is 17.3. The molecule has 3 aliphatic heterocycles. The second-order valence-corrected chi connectivity index (χ2v) is 7.56. The van der Waals surface area contributed by atoms with E-state index in [9.17, 15) is 0 Å². The zero-order valence-corrected chi connectivity index (χ0v) is 15.2. The van der Waals surface area contributed by atoms with Crippen molar-refractivity contribution in [2.45, 2.75) is 18.7 Å². The fourth-order valence-corrected chi connectivity index (χ4v) is 4.59. The van der Waals surface area contributed by atoms with Gasteiger partial charge < -0.3 is 14.2 Å². The van der Waals surface area contributed by atoms with Crippen LogP contribution in [0.1, 0.15) is 35.4 Å². The fraction of sp³-hybridized carbons (Fsp3) is 0.190. The summed E-state index contributed by atoms with van der Waals surface area (Å²) in [5.74, 6) is 2.52. The van der Waals surface area contributed by atoms with Crippen LogP contribution in [-0.2, 0) is 0 Å². The minimum absolute atomic E-state index is 0.167. The number of hydrogen-bond acceptors (Lipinski definition) is 6. The first-order valence-corrected chi connectivity index (χ1v) is 9.84. The summed E-state index contributed by atoms with van der Waals surface area (Å²) in [6.07, 6.45) is 0.628. The number of thiophene rings is 1. The van der Waals surface area contributed by atoms with Gasteiger partial charge in [-0.1, -0.05) is 18.2 Å². The molecule has 0 saturated heterocycles. The van der Waals surface area contributed by atoms with E-state index in [1.807, 2.05) is 24.3 Å². The number of rotatable bonds is 2. The maximum absolute atomic E-state index is 6.33. The van der Waals surface area contributed by atoms with E-state index in [0.717, 1.165) is 40.5 Å². The lowest BCUT2D eigenvalue weighted by Gasteiger charge is -2.37. The standard InChI is InChI=1S/C21H16N2O3S/c1-2-4-18-15(3-1)17-10-16(13-5-6-19-20(9-13)25-12-24-19)22-23(17)21(26-18)14-7-8-27-11-14/h1-9,11,17,21H,10,12H2/t17-,21-/m0/s1. The molecule has 6 rings (SSSR count). The molecule has 2 aromatic carbocycles. The molecule has 3 aromatic rings. The van der Waals surface area contributed by atoms with Crippen LogP contribution in [0, 0.1) is 0 Å². The summed E-state index contributed by atoms with van der Waals surface area (Å²) in [7, 11) is 0. The Morgan fingerprint density at radius 1 is 1.00 bits per heavy atom. The van der Waals surface area contributed by atoms with E-state index in [1.165, 1.54) is 5.56 Å². The number of ether oxygens (including phenoxy) is 3. The van der Waals surface area contributed by atoms with E-state index in [2.05, 4.69) is 40.0 Å². The summed E-state index contributed by atoms with van der Waals surface area (Å²) in [5, 5.41) is 11.3. The van der Waals surface area contributed by atoms with Gasteiger partial charge in [-0.05, 0) is 41.1 Å². The van der Waals surface area contributed by atoms with Crippen molar-refractivity contribution >= 4 is 17.0 Å². The molecule has 0 aliphatic carbocycles. The fourth-order valence-electron chi connectivity index (χ4n) is 3.92. The first kappa shape index (κ1) is 15.1. The largest absolute Gasteiger partial charge is 0.464 e. The Kier molecular flexibility index (Phi) is 3.22. The van der Waals surface area contributed by atoms with Crippen LogP contribution in [0.4, 0.5) is 0 Å². The zero-order valence-electron chi connectivity index (χ0n) is 14.4. The van der Waals surface area contributed by atoms with Crippen LogP contribution in [0.15, 0.2) is 64.4 Å². The van der Waals surface area contributed by atoms with Crippen LogP contribution in [0.5, 0.6) is 17.2 Å². The quantitative estimate of drug-likeness (QED) is 0.649. The minimum atomic E-state index is -0.206. The van der Waals surface area contributed by atoms with Crippen molar-refractivity contribution in [2.24, 2.45) is 5.10 Å². The lowest BCUT2D eigenvalue weighted by molar-refractivity contribution is -0.0187. The molecule has 0 unspecified atom stereocenters. The predicted molar refractivity (Wildman–Crippen MR) is 102 cm³/mol. The monoisotopic (exact) mass is 376 g/mol. The molecule has 0 fully saturated rings. The highest BCUT2D eigenvalue weighted by Crippen LogP contribution is 2.48. The highest BCUT2D eigenvalue weighted by atomic mass is 32.1. The average molecular weight is 376 g/mol. The predicted octanol–water partition coefficient (Wildman–Crippen LogP) is 4.72. The second-order valence-electron chi connectivity index (χ2n) is 6.78. The molecule has 3 aliphatic rings. The zero-order chi connectivity index (χ0) is 17.8. The van der Waals surface area contributed by atoms with Crippen LogP contribution >= 0.6 is 11.3 Å². The summed E-state index contributed by atoms with van der Waals surface area (Å²) in [6.45, 7) is 0.279. The van der Waals surface area contributed by atoms with Gasteiger partial charge in [-0.15, -0.1) is 0 Å². The minimum Gasteiger partial charge on any atom is -0.464 e. The molecule has 134 valence electrons. The molecule has 2 atom stereocenters. The molecule has 0 radical (unpaired) electrons. The third-order valence-electron chi connectivity index (χ3n) is 5.23. The molecule has 0 N–H and O–H groups in total. The Morgan fingerprint density at radius 2 is 1.93 bits per heavy atom. The SMILES string of the molecule is c1ccc2c(c1)O[C@@H](c1ccsc1)N1N=C(c3ccc4c(c3)OCO4)C[C@@H]21. The van der Waals surface area contributed by atoms with Crippen molar-refractivity contribution in [3.8, 4) is 17.2 Å². The third kappa shape index (κ3) is 2.33. The van der Waals surface area contributed by atoms with E-state index in [0.29, 0.717) is 0 Å². The van der Waals surface area contributed by atoms with Gasteiger partial charge in [-0.25, -0.2) is 5.01 Å². The topological polar surface area (TPSA) is 43.3 Å². The second kappa shape index (κ2) is 5.76. The van der Waals surface area contributed by atoms with Crippen molar-refractivity contribution in [2.75, 3.05) is 6.79 Å². The van der Waals surface area contributed by atoms with E-state index in [4.69, 9.17) is 19.3 Å². The van der Waals surface area contributed by atoms with Gasteiger partial charge in [0.05, 0.1) is 11.8 Å². The van der Waals surface area contributed by atoms with Crippen LogP contribution in [0.2, 0.25) is 0 Å². The molecule has 0 saturated carbocycles. The molecule has 0 spiro atoms. The Morgan fingerprint density at radius 3 is 2.85 bits per heavy atom. The van der Waals surface area contributed by atoms with Gasteiger partial charge >= 0.3 is 0 Å².